The van der Waals surface area contributed by atoms with Crippen molar-refractivity contribution >= 4 is 11.3 Å². The molecule has 0 aromatic carbocycles. The largest absolute Gasteiger partial charge is 0.350 e. The van der Waals surface area contributed by atoms with E-state index in [0.29, 0.717) is 6.04 Å². The number of fused-ring (bicyclic) bond motifs is 2. The molecule has 4 rings (SSSR count). The predicted molar refractivity (Wildman–Crippen MR) is 69.8 cm³/mol. The van der Waals surface area contributed by atoms with Crippen LogP contribution in [-0.4, -0.2) is 40.3 Å². The van der Waals surface area contributed by atoms with Crippen LogP contribution in [0.1, 0.15) is 12.1 Å². The van der Waals surface area contributed by atoms with Crippen molar-refractivity contribution in [1.82, 2.24) is 19.9 Å². The Kier molecular flexibility index (Phi) is 2.11. The highest BCUT2D eigenvalue weighted by atomic mass is 15.3. The fourth-order valence-electron chi connectivity index (χ4n) is 3.36. The van der Waals surface area contributed by atoms with Crippen LogP contribution in [-0.2, 0) is 0 Å². The lowest BCUT2D eigenvalue weighted by Gasteiger charge is -2.24. The molecule has 2 fully saturated rings. The molecule has 2 saturated heterocycles. The van der Waals surface area contributed by atoms with Crippen LogP contribution >= 0.6 is 0 Å². The highest BCUT2D eigenvalue weighted by molar-refractivity contribution is 5.70. The number of hydrogen-bond donors (Lipinski definition) is 1. The van der Waals surface area contributed by atoms with Crippen molar-refractivity contribution in [1.29, 1.82) is 0 Å². The third-order valence-corrected chi connectivity index (χ3v) is 4.21. The van der Waals surface area contributed by atoms with Gasteiger partial charge in [0.25, 0.3) is 0 Å². The molecule has 0 amide bonds. The minimum absolute atomic E-state index is 0.610. The monoisotopic (exact) mass is 243 g/mol. The maximum absolute atomic E-state index is 4.60. The molecule has 18 heavy (non-hydrogen) atoms. The van der Waals surface area contributed by atoms with E-state index in [-0.39, 0.29) is 0 Å². The zero-order valence-electron chi connectivity index (χ0n) is 10.5. The Labute approximate surface area is 106 Å². The van der Waals surface area contributed by atoms with Gasteiger partial charge in [0.2, 0.25) is 0 Å². The lowest BCUT2D eigenvalue weighted by molar-refractivity contribution is 0.577. The summed E-state index contributed by atoms with van der Waals surface area (Å²) >= 11 is 0. The molecule has 0 radical (unpaired) electrons. The molecule has 2 atom stereocenters. The van der Waals surface area contributed by atoms with Crippen molar-refractivity contribution in [3.8, 4) is 0 Å². The first-order valence-electron chi connectivity index (χ1n) is 6.61. The second-order valence-corrected chi connectivity index (χ2v) is 5.33. The fourth-order valence-corrected chi connectivity index (χ4v) is 3.36. The topological polar surface area (TPSA) is 45.5 Å². The molecule has 5 heteroatoms. The quantitative estimate of drug-likeness (QED) is 0.806. The van der Waals surface area contributed by atoms with E-state index in [0.717, 1.165) is 42.6 Å². The minimum Gasteiger partial charge on any atom is -0.350 e. The first-order chi connectivity index (χ1) is 8.83. The number of nitrogens with one attached hydrogen (secondary N) is 1. The number of rotatable bonds is 1. The van der Waals surface area contributed by atoms with Gasteiger partial charge in [0.05, 0.1) is 5.69 Å². The number of nitrogens with zero attached hydrogens (tertiary/aromatic N) is 4. The molecule has 4 heterocycles. The molecule has 5 nitrogen and oxygen atoms in total. The Morgan fingerprint density at radius 1 is 1.39 bits per heavy atom. The molecular weight excluding hydrogens is 226 g/mol. The third kappa shape index (κ3) is 1.37. The van der Waals surface area contributed by atoms with Crippen molar-refractivity contribution < 1.29 is 0 Å². The van der Waals surface area contributed by atoms with E-state index >= 15 is 0 Å². The van der Waals surface area contributed by atoms with Crippen molar-refractivity contribution in [2.75, 3.05) is 24.5 Å². The molecular formula is C13H17N5. The molecule has 0 bridgehead atoms. The van der Waals surface area contributed by atoms with Gasteiger partial charge in [-0.2, -0.15) is 5.10 Å². The van der Waals surface area contributed by atoms with Crippen LogP contribution in [0.5, 0.6) is 0 Å². The Morgan fingerprint density at radius 3 is 3.28 bits per heavy atom. The molecule has 2 aromatic rings. The Hall–Kier alpha value is -1.62. The van der Waals surface area contributed by atoms with Crippen LogP contribution in [0, 0.1) is 12.8 Å². The Bertz CT molecular complexity index is 590. The summed E-state index contributed by atoms with van der Waals surface area (Å²) in [6, 6.07) is 2.73. The molecule has 2 aliphatic heterocycles. The normalized spacial score (nSPS) is 27.1. The first-order valence-corrected chi connectivity index (χ1v) is 6.61. The van der Waals surface area contributed by atoms with E-state index in [2.05, 4.69) is 26.4 Å². The molecule has 1 N–H and O–H groups in total. The highest BCUT2D eigenvalue weighted by Gasteiger charge is 2.38. The number of aryl methyl sites for hydroxylation is 1. The van der Waals surface area contributed by atoms with Gasteiger partial charge >= 0.3 is 0 Å². The lowest BCUT2D eigenvalue weighted by atomic mass is 10.1. The summed E-state index contributed by atoms with van der Waals surface area (Å²) in [5.41, 5.74) is 2.17. The summed E-state index contributed by atoms with van der Waals surface area (Å²) in [6.45, 7) is 5.39. The van der Waals surface area contributed by atoms with Crippen LogP contribution < -0.4 is 10.2 Å². The first kappa shape index (κ1) is 10.3. The molecule has 0 aliphatic carbocycles. The molecule has 0 saturated carbocycles. The second kappa shape index (κ2) is 3.68. The molecule has 0 unspecified atom stereocenters. The van der Waals surface area contributed by atoms with Gasteiger partial charge in [0, 0.05) is 38.1 Å². The number of aromatic nitrogens is 3. The minimum atomic E-state index is 0.610. The second-order valence-electron chi connectivity index (χ2n) is 5.33. The summed E-state index contributed by atoms with van der Waals surface area (Å²) in [5.74, 6) is 1.88. The lowest BCUT2D eigenvalue weighted by Crippen LogP contribution is -2.35. The van der Waals surface area contributed by atoms with Crippen LogP contribution in [0.15, 0.2) is 18.5 Å². The zero-order chi connectivity index (χ0) is 12.1. The maximum Gasteiger partial charge on any atom is 0.154 e. The maximum atomic E-state index is 4.60. The van der Waals surface area contributed by atoms with Gasteiger partial charge in [0.1, 0.15) is 5.52 Å². The number of hydrogen-bond acceptors (Lipinski definition) is 4. The summed E-state index contributed by atoms with van der Waals surface area (Å²) in [5, 5.41) is 7.95. The van der Waals surface area contributed by atoms with Gasteiger partial charge in [0.15, 0.2) is 5.82 Å². The summed E-state index contributed by atoms with van der Waals surface area (Å²) in [6.07, 6.45) is 5.05. The molecule has 2 aromatic heterocycles. The van der Waals surface area contributed by atoms with E-state index in [1.54, 1.807) is 0 Å². The molecule has 0 spiro atoms. The standard InChI is InChI=1S/C13H17N5/c1-9-6-11-13(15-3-5-18(11)16-9)17-4-2-10-7-14-8-12(10)17/h3,5-6,10,12,14H,2,4,7-8H2,1H3/t10-,12+/m0/s1. The van der Waals surface area contributed by atoms with Gasteiger partial charge in [-0.05, 0) is 25.3 Å². The summed E-state index contributed by atoms with van der Waals surface area (Å²) in [4.78, 5) is 7.06. The predicted octanol–water partition coefficient (Wildman–Crippen LogP) is 0.836. The van der Waals surface area contributed by atoms with Gasteiger partial charge < -0.3 is 10.2 Å². The number of anilines is 1. The van der Waals surface area contributed by atoms with E-state index in [1.807, 2.05) is 23.8 Å². The average Bonchev–Trinajstić information content (AvgIpc) is 2.99. The van der Waals surface area contributed by atoms with Gasteiger partial charge in [-0.3, -0.25) is 0 Å². The van der Waals surface area contributed by atoms with Gasteiger partial charge in [-0.1, -0.05) is 0 Å². The Morgan fingerprint density at radius 2 is 2.33 bits per heavy atom. The SMILES string of the molecule is Cc1cc2c(N3CC[C@H]4CNC[C@H]43)nccn2n1. The van der Waals surface area contributed by atoms with E-state index in [4.69, 9.17) is 0 Å². The molecule has 94 valence electrons. The third-order valence-electron chi connectivity index (χ3n) is 4.21. The van der Waals surface area contributed by atoms with Crippen molar-refractivity contribution in [2.45, 2.75) is 19.4 Å². The van der Waals surface area contributed by atoms with Crippen molar-refractivity contribution in [3.63, 3.8) is 0 Å². The average molecular weight is 243 g/mol. The van der Waals surface area contributed by atoms with Gasteiger partial charge in [-0.25, -0.2) is 9.50 Å². The van der Waals surface area contributed by atoms with Crippen LogP contribution in [0.25, 0.3) is 5.52 Å². The van der Waals surface area contributed by atoms with E-state index in [1.165, 1.54) is 6.42 Å². The highest BCUT2D eigenvalue weighted by Crippen LogP contribution is 2.32. The molecule has 2 aliphatic rings. The summed E-state index contributed by atoms with van der Waals surface area (Å²) in [7, 11) is 0. The van der Waals surface area contributed by atoms with E-state index in [9.17, 15) is 0 Å². The van der Waals surface area contributed by atoms with Crippen LogP contribution in [0.3, 0.4) is 0 Å². The van der Waals surface area contributed by atoms with Gasteiger partial charge in [-0.15, -0.1) is 0 Å². The van der Waals surface area contributed by atoms with Crippen LogP contribution in [0.2, 0.25) is 0 Å². The fraction of sp³-hybridized carbons (Fsp3) is 0.538. The zero-order valence-corrected chi connectivity index (χ0v) is 10.5. The Balaban J connectivity index is 1.82. The van der Waals surface area contributed by atoms with Crippen LogP contribution in [0.4, 0.5) is 5.82 Å². The van der Waals surface area contributed by atoms with Crippen molar-refractivity contribution in [2.24, 2.45) is 5.92 Å². The van der Waals surface area contributed by atoms with E-state index < -0.39 is 0 Å². The summed E-state index contributed by atoms with van der Waals surface area (Å²) < 4.78 is 1.94. The van der Waals surface area contributed by atoms with Crippen molar-refractivity contribution in [3.05, 3.63) is 24.2 Å². The smallest absolute Gasteiger partial charge is 0.154 e.